The van der Waals surface area contributed by atoms with Gasteiger partial charge in [-0.3, -0.25) is 19.8 Å². The molecule has 1 saturated heterocycles. The van der Waals surface area contributed by atoms with Crippen molar-refractivity contribution in [2.75, 3.05) is 18.1 Å². The number of anilines is 1. The Bertz CT molecular complexity index is 1070. The van der Waals surface area contributed by atoms with Crippen LogP contribution in [0.1, 0.15) is 12.5 Å². The van der Waals surface area contributed by atoms with Crippen LogP contribution < -0.4 is 19.7 Å². The summed E-state index contributed by atoms with van der Waals surface area (Å²) in [7, 11) is 0. The number of carbonyl (C=O) groups excluding carboxylic acids is 2. The molecular weight excluding hydrogens is 407 g/mol. The molecule has 1 aliphatic heterocycles. The number of ether oxygens (including phenoxy) is 2. The number of benzene rings is 2. The Labute approximate surface area is 178 Å². The molecule has 0 radical (unpaired) electrons. The maximum Gasteiger partial charge on any atom is 0.270 e. The van der Waals surface area contributed by atoms with Crippen LogP contribution in [0.4, 0.5) is 10.1 Å². The number of thiocarbonyl (C=S) groups is 1. The van der Waals surface area contributed by atoms with Crippen molar-refractivity contribution in [3.05, 3.63) is 59.4 Å². The average Bonchev–Trinajstić information content (AvgIpc) is 2.72. The van der Waals surface area contributed by atoms with Gasteiger partial charge in [0.15, 0.2) is 16.6 Å². The van der Waals surface area contributed by atoms with Crippen LogP contribution in [0, 0.1) is 18.2 Å². The molecule has 3 rings (SSSR count). The van der Waals surface area contributed by atoms with Gasteiger partial charge in [0.25, 0.3) is 11.8 Å². The molecule has 1 heterocycles. The summed E-state index contributed by atoms with van der Waals surface area (Å²) in [5.74, 6) is 1.55. The van der Waals surface area contributed by atoms with Gasteiger partial charge in [0.05, 0.1) is 12.3 Å². The molecule has 1 aliphatic rings. The number of rotatable bonds is 6. The number of halogens is 1. The summed E-state index contributed by atoms with van der Waals surface area (Å²) in [5.41, 5.74) is 0.745. The predicted molar refractivity (Wildman–Crippen MR) is 115 cm³/mol. The highest BCUT2D eigenvalue weighted by Gasteiger charge is 2.34. The van der Waals surface area contributed by atoms with Gasteiger partial charge in [-0.2, -0.15) is 0 Å². The number of nitrogens with zero attached hydrogens (tertiary/aromatic N) is 1. The minimum Gasteiger partial charge on any atom is -0.490 e. The van der Waals surface area contributed by atoms with E-state index in [2.05, 4.69) is 11.2 Å². The Morgan fingerprint density at radius 3 is 2.57 bits per heavy atom. The van der Waals surface area contributed by atoms with Crippen molar-refractivity contribution >= 4 is 40.9 Å². The molecule has 0 aliphatic carbocycles. The number of nitrogens with one attached hydrogen (secondary N) is 1. The first-order valence-corrected chi connectivity index (χ1v) is 9.35. The van der Waals surface area contributed by atoms with Crippen molar-refractivity contribution in [2.24, 2.45) is 0 Å². The predicted octanol–water partition coefficient (Wildman–Crippen LogP) is 3.07. The molecule has 0 unspecified atom stereocenters. The zero-order valence-corrected chi connectivity index (χ0v) is 16.8. The van der Waals surface area contributed by atoms with Crippen molar-refractivity contribution in [1.82, 2.24) is 5.32 Å². The van der Waals surface area contributed by atoms with Gasteiger partial charge in [-0.15, -0.1) is 6.42 Å². The van der Waals surface area contributed by atoms with E-state index in [1.807, 2.05) is 6.92 Å². The van der Waals surface area contributed by atoms with E-state index in [9.17, 15) is 14.0 Å². The van der Waals surface area contributed by atoms with Gasteiger partial charge < -0.3 is 9.47 Å². The summed E-state index contributed by atoms with van der Waals surface area (Å²) in [6, 6.07) is 10.2. The largest absolute Gasteiger partial charge is 0.490 e. The Morgan fingerprint density at radius 2 is 1.90 bits per heavy atom. The summed E-state index contributed by atoms with van der Waals surface area (Å²) in [6.45, 7) is 2.28. The van der Waals surface area contributed by atoms with E-state index >= 15 is 0 Å². The van der Waals surface area contributed by atoms with E-state index < -0.39 is 17.6 Å². The summed E-state index contributed by atoms with van der Waals surface area (Å²) in [4.78, 5) is 26.5. The van der Waals surface area contributed by atoms with E-state index in [0.717, 1.165) is 4.90 Å². The van der Waals surface area contributed by atoms with E-state index in [0.29, 0.717) is 29.4 Å². The van der Waals surface area contributed by atoms with Crippen molar-refractivity contribution < 1.29 is 23.5 Å². The molecule has 2 amide bonds. The molecule has 0 atom stereocenters. The highest BCUT2D eigenvalue weighted by Crippen LogP contribution is 2.30. The molecule has 8 heteroatoms. The zero-order valence-electron chi connectivity index (χ0n) is 16.0. The number of terminal acetylenes is 1. The summed E-state index contributed by atoms with van der Waals surface area (Å²) < 4.78 is 24.2. The van der Waals surface area contributed by atoms with Gasteiger partial charge in [0.2, 0.25) is 0 Å². The molecular formula is C22H17FN2O4S. The van der Waals surface area contributed by atoms with E-state index in [1.165, 1.54) is 30.3 Å². The minimum absolute atomic E-state index is 0.0749. The molecule has 2 aromatic rings. The van der Waals surface area contributed by atoms with Crippen molar-refractivity contribution in [3.8, 4) is 23.8 Å². The lowest BCUT2D eigenvalue weighted by Gasteiger charge is -2.28. The van der Waals surface area contributed by atoms with Crippen LogP contribution in [-0.4, -0.2) is 30.1 Å². The number of carbonyl (C=O) groups is 2. The van der Waals surface area contributed by atoms with Gasteiger partial charge >= 0.3 is 0 Å². The van der Waals surface area contributed by atoms with E-state index in [1.54, 1.807) is 18.2 Å². The van der Waals surface area contributed by atoms with Crippen molar-refractivity contribution in [2.45, 2.75) is 6.92 Å². The third kappa shape index (κ3) is 4.47. The number of hydrogen-bond donors (Lipinski definition) is 1. The SMILES string of the molecule is C#CCOc1ccc(/C=C2/C(=O)NC(=S)N(c3ccc(F)cc3)C2=O)cc1OCC. The fraction of sp³-hybridized carbons (Fsp3) is 0.136. The fourth-order valence-electron chi connectivity index (χ4n) is 2.77. The van der Waals surface area contributed by atoms with Gasteiger partial charge in [-0.1, -0.05) is 12.0 Å². The topological polar surface area (TPSA) is 67.9 Å². The van der Waals surface area contributed by atoms with Crippen LogP contribution in [0.5, 0.6) is 11.5 Å². The van der Waals surface area contributed by atoms with Crippen molar-refractivity contribution in [3.63, 3.8) is 0 Å². The van der Waals surface area contributed by atoms with E-state index in [-0.39, 0.29) is 17.3 Å². The molecule has 1 N–H and O–H groups in total. The molecule has 6 nitrogen and oxygen atoms in total. The van der Waals surface area contributed by atoms with E-state index in [4.69, 9.17) is 28.1 Å². The fourth-order valence-corrected chi connectivity index (χ4v) is 3.05. The molecule has 2 aromatic carbocycles. The third-order valence-corrected chi connectivity index (χ3v) is 4.36. The summed E-state index contributed by atoms with van der Waals surface area (Å²) in [6.07, 6.45) is 6.64. The third-order valence-electron chi connectivity index (χ3n) is 4.08. The molecule has 0 aromatic heterocycles. The zero-order chi connectivity index (χ0) is 21.7. The second kappa shape index (κ2) is 9.20. The second-order valence-corrected chi connectivity index (χ2v) is 6.45. The quantitative estimate of drug-likeness (QED) is 0.334. The molecule has 0 saturated carbocycles. The first kappa shape index (κ1) is 21.0. The highest BCUT2D eigenvalue weighted by atomic mass is 32.1. The van der Waals surface area contributed by atoms with Crippen LogP contribution in [0.15, 0.2) is 48.0 Å². The molecule has 152 valence electrons. The lowest BCUT2D eigenvalue weighted by molar-refractivity contribution is -0.122. The van der Waals surface area contributed by atoms with Crippen LogP contribution in [0.3, 0.4) is 0 Å². The molecule has 1 fully saturated rings. The minimum atomic E-state index is -0.631. The molecule has 0 spiro atoms. The lowest BCUT2D eigenvalue weighted by atomic mass is 10.1. The molecule has 0 bridgehead atoms. The maximum atomic E-state index is 13.2. The maximum absolute atomic E-state index is 13.2. The molecule has 30 heavy (non-hydrogen) atoms. The van der Waals surface area contributed by atoms with Crippen LogP contribution >= 0.6 is 12.2 Å². The number of amides is 2. The van der Waals surface area contributed by atoms with Crippen LogP contribution in [0.2, 0.25) is 0 Å². The normalized spacial score (nSPS) is 15.0. The lowest BCUT2D eigenvalue weighted by Crippen LogP contribution is -2.54. The average molecular weight is 424 g/mol. The summed E-state index contributed by atoms with van der Waals surface area (Å²) >= 11 is 5.13. The van der Waals surface area contributed by atoms with Gasteiger partial charge in [-0.25, -0.2) is 4.39 Å². The van der Waals surface area contributed by atoms with Gasteiger partial charge in [-0.05, 0) is 67.2 Å². The van der Waals surface area contributed by atoms with Gasteiger partial charge in [0.1, 0.15) is 18.0 Å². The van der Waals surface area contributed by atoms with Crippen LogP contribution in [-0.2, 0) is 9.59 Å². The van der Waals surface area contributed by atoms with Gasteiger partial charge in [0, 0.05) is 0 Å². The standard InChI is InChI=1S/C22H17FN2O4S/c1-3-11-29-18-10-5-14(13-19(18)28-4-2)12-17-20(26)24-22(30)25(21(17)27)16-8-6-15(23)7-9-16/h1,5-10,12-13H,4,11H2,2H3,(H,24,26,30)/b17-12-. The Kier molecular flexibility index (Phi) is 6.45. The first-order valence-electron chi connectivity index (χ1n) is 8.94. The first-order chi connectivity index (χ1) is 14.4. The van der Waals surface area contributed by atoms with Crippen LogP contribution in [0.25, 0.3) is 6.08 Å². The highest BCUT2D eigenvalue weighted by molar-refractivity contribution is 7.80. The van der Waals surface area contributed by atoms with Crippen molar-refractivity contribution in [1.29, 1.82) is 0 Å². The Balaban J connectivity index is 1.96. The smallest absolute Gasteiger partial charge is 0.270 e. The monoisotopic (exact) mass is 424 g/mol. The Morgan fingerprint density at radius 1 is 1.17 bits per heavy atom. The Hall–Kier alpha value is -3.70. The second-order valence-electron chi connectivity index (χ2n) is 6.07. The number of hydrogen-bond acceptors (Lipinski definition) is 5. The summed E-state index contributed by atoms with van der Waals surface area (Å²) in [5, 5.41) is 2.40.